The number of benzene rings is 1. The number of rotatable bonds is 6. The van der Waals surface area contributed by atoms with Crippen LogP contribution in [-0.2, 0) is 20.1 Å². The minimum Gasteiger partial charge on any atom is -0.376 e. The quantitative estimate of drug-likeness (QED) is 0.608. The van der Waals surface area contributed by atoms with E-state index in [0.717, 1.165) is 18.4 Å². The van der Waals surface area contributed by atoms with Gasteiger partial charge in [-0.2, -0.15) is 21.6 Å². The Bertz CT molecular complexity index is 740. The molecular weight excluding hydrogens is 359 g/mol. The summed E-state index contributed by atoms with van der Waals surface area (Å²) in [6, 6.07) is 4.03. The Hall–Kier alpha value is -1.33. The van der Waals surface area contributed by atoms with Crippen molar-refractivity contribution in [1.29, 1.82) is 0 Å². The number of nitrogens with one attached hydrogen (secondary N) is 1. The van der Waals surface area contributed by atoms with Crippen LogP contribution in [0.5, 0.6) is 5.75 Å². The van der Waals surface area contributed by atoms with Crippen molar-refractivity contribution in [2.75, 3.05) is 6.26 Å². The molecule has 0 saturated heterocycles. The first-order valence-corrected chi connectivity index (χ1v) is 9.61. The molecule has 1 aromatic carbocycles. The zero-order valence-electron chi connectivity index (χ0n) is 12.5. The molecule has 1 atom stereocenters. The van der Waals surface area contributed by atoms with Crippen LogP contribution in [0.15, 0.2) is 24.3 Å². The first kappa shape index (κ1) is 19.7. The molecule has 1 rings (SSSR count). The minimum absolute atomic E-state index is 0.143. The average molecular weight is 375 g/mol. The smallest absolute Gasteiger partial charge is 0.376 e. The predicted octanol–water partition coefficient (Wildman–Crippen LogP) is 2.16. The van der Waals surface area contributed by atoms with E-state index in [1.165, 1.54) is 12.1 Å². The third-order valence-corrected chi connectivity index (χ3v) is 4.40. The molecule has 0 bridgehead atoms. The van der Waals surface area contributed by atoms with Crippen LogP contribution in [0.25, 0.3) is 0 Å². The molecule has 0 aliphatic rings. The summed E-state index contributed by atoms with van der Waals surface area (Å²) in [4.78, 5) is 0. The Balaban J connectivity index is 3.03. The van der Waals surface area contributed by atoms with Gasteiger partial charge in [-0.15, -0.1) is 0 Å². The molecule has 0 aliphatic heterocycles. The second kappa shape index (κ2) is 6.65. The summed E-state index contributed by atoms with van der Waals surface area (Å²) in [5.74, 6) is -0.664. The second-order valence-corrected chi connectivity index (χ2v) is 8.48. The fraction of sp³-hybridized carbons (Fsp3) is 0.500. The highest BCUT2D eigenvalue weighted by Gasteiger charge is 2.48. The maximum absolute atomic E-state index is 12.2. The van der Waals surface area contributed by atoms with E-state index >= 15 is 0 Å². The summed E-state index contributed by atoms with van der Waals surface area (Å²) in [5, 5.41) is 0. The summed E-state index contributed by atoms with van der Waals surface area (Å²) in [6.07, 6.45) is 0.982. The molecule has 11 heteroatoms. The molecule has 1 N–H and O–H groups in total. The third kappa shape index (κ3) is 5.66. The van der Waals surface area contributed by atoms with Gasteiger partial charge in [-0.3, -0.25) is 0 Å². The summed E-state index contributed by atoms with van der Waals surface area (Å²) in [5.41, 5.74) is -5.06. The normalized spacial score (nSPS) is 14.7. The van der Waals surface area contributed by atoms with Crippen LogP contribution < -0.4 is 8.91 Å². The van der Waals surface area contributed by atoms with E-state index in [4.69, 9.17) is 0 Å². The van der Waals surface area contributed by atoms with Crippen LogP contribution in [0.3, 0.4) is 0 Å². The van der Waals surface area contributed by atoms with Crippen molar-refractivity contribution in [2.24, 2.45) is 5.92 Å². The van der Waals surface area contributed by atoms with E-state index in [9.17, 15) is 30.0 Å². The Morgan fingerprint density at radius 2 is 1.52 bits per heavy atom. The molecule has 0 fully saturated rings. The molecule has 0 spiro atoms. The van der Waals surface area contributed by atoms with Crippen molar-refractivity contribution >= 4 is 20.1 Å². The standard InChI is InChI=1S/C12H16F3NO5S2/c1-8(2)11(16-22(3,17)18)9-4-6-10(7-5-9)21-23(19,20)12(13,14)15/h4-8,11,16H,1-3H3/t11-/m1/s1. The summed E-state index contributed by atoms with van der Waals surface area (Å²) < 4.78 is 87.5. The van der Waals surface area contributed by atoms with Crippen molar-refractivity contribution in [1.82, 2.24) is 4.72 Å². The maximum Gasteiger partial charge on any atom is 0.534 e. The lowest BCUT2D eigenvalue weighted by Crippen LogP contribution is -2.30. The third-order valence-electron chi connectivity index (χ3n) is 2.74. The van der Waals surface area contributed by atoms with Gasteiger partial charge in [-0.05, 0) is 23.6 Å². The van der Waals surface area contributed by atoms with Crippen molar-refractivity contribution < 1.29 is 34.2 Å². The highest BCUT2D eigenvalue weighted by atomic mass is 32.2. The fourth-order valence-corrected chi connectivity index (χ4v) is 3.05. The molecule has 0 radical (unpaired) electrons. The highest BCUT2D eigenvalue weighted by Crippen LogP contribution is 2.29. The van der Waals surface area contributed by atoms with Crippen LogP contribution in [0.2, 0.25) is 0 Å². The van der Waals surface area contributed by atoms with E-state index in [2.05, 4.69) is 8.91 Å². The molecule has 0 saturated carbocycles. The van der Waals surface area contributed by atoms with Crippen molar-refractivity contribution in [3.63, 3.8) is 0 Å². The van der Waals surface area contributed by atoms with Gasteiger partial charge in [0.2, 0.25) is 10.0 Å². The van der Waals surface area contributed by atoms with E-state index in [1.54, 1.807) is 13.8 Å². The Labute approximate surface area is 132 Å². The number of alkyl halides is 3. The van der Waals surface area contributed by atoms with Gasteiger partial charge in [0.25, 0.3) is 0 Å². The Kier molecular flexibility index (Phi) is 5.70. The lowest BCUT2D eigenvalue weighted by atomic mass is 9.97. The van der Waals surface area contributed by atoms with Crippen molar-refractivity contribution in [3.05, 3.63) is 29.8 Å². The lowest BCUT2D eigenvalue weighted by molar-refractivity contribution is -0.0500. The molecule has 1 aromatic rings. The number of hydrogen-bond donors (Lipinski definition) is 1. The first-order chi connectivity index (χ1) is 10.2. The SMILES string of the molecule is CC(C)[C@@H](NS(C)(=O)=O)c1ccc(OS(=O)(=O)C(F)(F)F)cc1. The minimum atomic E-state index is -5.74. The van der Waals surface area contributed by atoms with Gasteiger partial charge in [-0.25, -0.2) is 13.1 Å². The first-order valence-electron chi connectivity index (χ1n) is 6.31. The lowest BCUT2D eigenvalue weighted by Gasteiger charge is -2.22. The van der Waals surface area contributed by atoms with Crippen molar-refractivity contribution in [3.8, 4) is 5.75 Å². The highest BCUT2D eigenvalue weighted by molar-refractivity contribution is 7.88. The molecule has 132 valence electrons. The number of halogens is 3. The van der Waals surface area contributed by atoms with E-state index < -0.39 is 37.4 Å². The molecule has 0 heterocycles. The van der Waals surface area contributed by atoms with Crippen LogP contribution in [0.4, 0.5) is 13.2 Å². The molecule has 0 aliphatic carbocycles. The summed E-state index contributed by atoms with van der Waals surface area (Å²) in [6.45, 7) is 3.50. The van der Waals surface area contributed by atoms with Crippen LogP contribution in [-0.4, -0.2) is 28.6 Å². The molecule has 6 nitrogen and oxygen atoms in total. The van der Waals surface area contributed by atoms with Crippen LogP contribution >= 0.6 is 0 Å². The van der Waals surface area contributed by atoms with Gasteiger partial charge in [-0.1, -0.05) is 26.0 Å². The van der Waals surface area contributed by atoms with Crippen molar-refractivity contribution in [2.45, 2.75) is 25.4 Å². The number of sulfonamides is 1. The molecule has 0 amide bonds. The van der Waals surface area contributed by atoms with Gasteiger partial charge in [0, 0.05) is 6.04 Å². The zero-order valence-corrected chi connectivity index (χ0v) is 14.1. The van der Waals surface area contributed by atoms with E-state index in [1.807, 2.05) is 0 Å². The van der Waals surface area contributed by atoms with Gasteiger partial charge < -0.3 is 4.18 Å². The van der Waals surface area contributed by atoms with E-state index in [0.29, 0.717) is 5.56 Å². The summed E-state index contributed by atoms with van der Waals surface area (Å²) >= 11 is 0. The second-order valence-electron chi connectivity index (χ2n) is 5.16. The monoisotopic (exact) mass is 375 g/mol. The topological polar surface area (TPSA) is 89.5 Å². The number of hydrogen-bond acceptors (Lipinski definition) is 5. The van der Waals surface area contributed by atoms with Gasteiger partial charge in [0.1, 0.15) is 5.75 Å². The van der Waals surface area contributed by atoms with Gasteiger partial charge in [0.15, 0.2) is 0 Å². The molecule has 23 heavy (non-hydrogen) atoms. The molecule has 0 unspecified atom stereocenters. The average Bonchev–Trinajstić information content (AvgIpc) is 2.34. The van der Waals surface area contributed by atoms with Gasteiger partial charge in [0.05, 0.1) is 6.26 Å². The molecular formula is C12H16F3NO5S2. The van der Waals surface area contributed by atoms with Crippen LogP contribution in [0, 0.1) is 5.92 Å². The van der Waals surface area contributed by atoms with Crippen LogP contribution in [0.1, 0.15) is 25.5 Å². The largest absolute Gasteiger partial charge is 0.534 e. The summed E-state index contributed by atoms with van der Waals surface area (Å²) in [7, 11) is -9.24. The molecule has 0 aromatic heterocycles. The Morgan fingerprint density at radius 3 is 1.87 bits per heavy atom. The van der Waals surface area contributed by atoms with E-state index in [-0.39, 0.29) is 5.92 Å². The predicted molar refractivity (Wildman–Crippen MR) is 77.6 cm³/mol. The van der Waals surface area contributed by atoms with Gasteiger partial charge >= 0.3 is 15.6 Å². The Morgan fingerprint density at radius 1 is 1.04 bits per heavy atom. The zero-order chi connectivity index (χ0) is 18.1. The maximum atomic E-state index is 12.2. The fourth-order valence-electron chi connectivity index (χ4n) is 1.72.